The molecule has 1 amide bonds. The lowest BCUT2D eigenvalue weighted by Gasteiger charge is -2.10. The van der Waals surface area contributed by atoms with Crippen LogP contribution >= 0.6 is 0 Å². The van der Waals surface area contributed by atoms with Gasteiger partial charge < -0.3 is 29.0 Å². The van der Waals surface area contributed by atoms with E-state index in [2.05, 4.69) is 5.32 Å². The Balaban J connectivity index is 1.33. The van der Waals surface area contributed by atoms with Crippen molar-refractivity contribution in [3.8, 4) is 28.7 Å². The van der Waals surface area contributed by atoms with Gasteiger partial charge in [-0.25, -0.2) is 0 Å². The summed E-state index contributed by atoms with van der Waals surface area (Å²) in [6.07, 6.45) is 0. The van der Waals surface area contributed by atoms with Gasteiger partial charge in [0.1, 0.15) is 23.9 Å². The van der Waals surface area contributed by atoms with Crippen molar-refractivity contribution in [2.75, 3.05) is 33.2 Å². The third-order valence-corrected chi connectivity index (χ3v) is 3.54. The predicted molar refractivity (Wildman–Crippen MR) is 94.2 cm³/mol. The fourth-order valence-electron chi connectivity index (χ4n) is 2.32. The van der Waals surface area contributed by atoms with Crippen LogP contribution in [0.3, 0.4) is 0 Å². The van der Waals surface area contributed by atoms with E-state index in [1.165, 1.54) is 0 Å². The van der Waals surface area contributed by atoms with E-state index in [4.69, 9.17) is 23.7 Å². The summed E-state index contributed by atoms with van der Waals surface area (Å²) in [6, 6.07) is 12.5. The Kier molecular flexibility index (Phi) is 6.03. The summed E-state index contributed by atoms with van der Waals surface area (Å²) in [6.45, 7) is 3.43. The monoisotopic (exact) mass is 359 g/mol. The third kappa shape index (κ3) is 4.95. The number of carbonyl (C=O) groups is 1. The summed E-state index contributed by atoms with van der Waals surface area (Å²) in [5.41, 5.74) is 0. The Bertz CT molecular complexity index is 731. The summed E-state index contributed by atoms with van der Waals surface area (Å²) >= 11 is 0. The molecule has 0 aromatic heterocycles. The number of nitrogens with one attached hydrogen (secondary N) is 1. The van der Waals surface area contributed by atoms with E-state index >= 15 is 0 Å². The molecule has 2 aromatic rings. The Hall–Kier alpha value is -3.09. The van der Waals surface area contributed by atoms with Crippen LogP contribution in [-0.2, 0) is 4.79 Å². The number of benzene rings is 2. The van der Waals surface area contributed by atoms with Crippen molar-refractivity contribution < 1.29 is 28.5 Å². The van der Waals surface area contributed by atoms with Crippen molar-refractivity contribution in [3.05, 3.63) is 42.5 Å². The molecular formula is C19H21NO6. The fourth-order valence-corrected chi connectivity index (χ4v) is 2.32. The highest BCUT2D eigenvalue weighted by molar-refractivity contribution is 5.77. The van der Waals surface area contributed by atoms with Crippen LogP contribution in [0.5, 0.6) is 28.7 Å². The molecule has 3 rings (SSSR count). The summed E-state index contributed by atoms with van der Waals surface area (Å²) < 4.78 is 26.9. The first-order valence-electron chi connectivity index (χ1n) is 8.39. The van der Waals surface area contributed by atoms with Crippen molar-refractivity contribution in [3.63, 3.8) is 0 Å². The van der Waals surface area contributed by atoms with E-state index in [-0.39, 0.29) is 19.3 Å². The van der Waals surface area contributed by atoms with Crippen LogP contribution in [0.25, 0.3) is 0 Å². The molecule has 138 valence electrons. The van der Waals surface area contributed by atoms with E-state index < -0.39 is 0 Å². The zero-order valence-corrected chi connectivity index (χ0v) is 14.5. The molecule has 0 bridgehead atoms. The number of fused-ring (bicyclic) bond motifs is 1. The average Bonchev–Trinajstić information content (AvgIpc) is 3.13. The minimum atomic E-state index is -0.224. The third-order valence-electron chi connectivity index (χ3n) is 3.54. The number of ether oxygens (including phenoxy) is 5. The Morgan fingerprint density at radius 2 is 1.65 bits per heavy atom. The van der Waals surface area contributed by atoms with Gasteiger partial charge in [0.2, 0.25) is 6.79 Å². The van der Waals surface area contributed by atoms with Gasteiger partial charge in [-0.2, -0.15) is 0 Å². The number of carbonyl (C=O) groups excluding carboxylic acids is 1. The second kappa shape index (κ2) is 8.84. The molecule has 0 radical (unpaired) electrons. The lowest BCUT2D eigenvalue weighted by atomic mass is 10.3. The smallest absolute Gasteiger partial charge is 0.258 e. The number of hydrogen-bond acceptors (Lipinski definition) is 6. The molecule has 0 atom stereocenters. The van der Waals surface area contributed by atoms with Gasteiger partial charge >= 0.3 is 0 Å². The van der Waals surface area contributed by atoms with Crippen molar-refractivity contribution in [1.29, 1.82) is 0 Å². The molecule has 0 spiro atoms. The minimum Gasteiger partial charge on any atom is -0.494 e. The predicted octanol–water partition coefficient (Wildman–Crippen LogP) is 2.39. The van der Waals surface area contributed by atoms with Gasteiger partial charge in [0.05, 0.1) is 13.2 Å². The van der Waals surface area contributed by atoms with E-state index in [1.807, 2.05) is 31.2 Å². The maximum Gasteiger partial charge on any atom is 0.258 e. The normalized spacial score (nSPS) is 11.7. The molecule has 0 fully saturated rings. The van der Waals surface area contributed by atoms with E-state index in [1.54, 1.807) is 18.2 Å². The Labute approximate surface area is 151 Å². The zero-order valence-electron chi connectivity index (χ0n) is 14.5. The van der Waals surface area contributed by atoms with Crippen molar-refractivity contribution in [1.82, 2.24) is 5.32 Å². The summed E-state index contributed by atoms with van der Waals surface area (Å²) in [5.74, 6) is 3.14. The first-order chi connectivity index (χ1) is 12.7. The summed E-state index contributed by atoms with van der Waals surface area (Å²) in [4.78, 5) is 11.8. The van der Waals surface area contributed by atoms with Crippen molar-refractivity contribution in [2.24, 2.45) is 0 Å². The highest BCUT2D eigenvalue weighted by Gasteiger charge is 2.14. The number of rotatable bonds is 9. The van der Waals surface area contributed by atoms with Crippen molar-refractivity contribution >= 4 is 5.91 Å². The van der Waals surface area contributed by atoms with Crippen molar-refractivity contribution in [2.45, 2.75) is 6.92 Å². The van der Waals surface area contributed by atoms with E-state index in [0.717, 1.165) is 11.5 Å². The highest BCUT2D eigenvalue weighted by atomic mass is 16.7. The van der Waals surface area contributed by atoms with Gasteiger partial charge in [0.15, 0.2) is 18.1 Å². The summed E-state index contributed by atoms with van der Waals surface area (Å²) in [7, 11) is 0. The Morgan fingerprint density at radius 1 is 0.962 bits per heavy atom. The molecule has 2 aromatic carbocycles. The molecule has 1 N–H and O–H groups in total. The maximum atomic E-state index is 11.8. The van der Waals surface area contributed by atoms with E-state index in [9.17, 15) is 4.79 Å². The Morgan fingerprint density at radius 3 is 2.42 bits per heavy atom. The zero-order chi connectivity index (χ0) is 18.2. The lowest BCUT2D eigenvalue weighted by molar-refractivity contribution is -0.123. The van der Waals surface area contributed by atoms with Gasteiger partial charge in [0.25, 0.3) is 5.91 Å². The fraction of sp³-hybridized carbons (Fsp3) is 0.316. The first-order valence-corrected chi connectivity index (χ1v) is 8.39. The topological polar surface area (TPSA) is 75.3 Å². The number of amides is 1. The molecule has 0 saturated heterocycles. The minimum absolute atomic E-state index is 0.0807. The highest BCUT2D eigenvalue weighted by Crippen LogP contribution is 2.34. The molecule has 26 heavy (non-hydrogen) atoms. The van der Waals surface area contributed by atoms with Crippen LogP contribution in [0, 0.1) is 0 Å². The molecule has 1 aliphatic heterocycles. The average molecular weight is 359 g/mol. The molecule has 7 heteroatoms. The van der Waals surface area contributed by atoms with Gasteiger partial charge in [-0.3, -0.25) is 4.79 Å². The standard InChI is InChI=1S/C19H21NO6/c1-2-22-14-3-5-15(6-4-14)23-10-9-20-19(21)12-24-16-7-8-17-18(11-16)26-13-25-17/h3-8,11H,2,9-10,12-13H2,1H3,(H,20,21). The van der Waals surface area contributed by atoms with Crippen LogP contribution in [0.2, 0.25) is 0 Å². The SMILES string of the molecule is CCOc1ccc(OCCNC(=O)COc2ccc3c(c2)OCO3)cc1. The largest absolute Gasteiger partial charge is 0.494 e. The molecule has 0 aliphatic carbocycles. The molecule has 1 heterocycles. The molecule has 0 saturated carbocycles. The van der Waals surface area contributed by atoms with Gasteiger partial charge in [-0.15, -0.1) is 0 Å². The maximum absolute atomic E-state index is 11.8. The van der Waals surface area contributed by atoms with Crippen LogP contribution in [0.15, 0.2) is 42.5 Å². The molecule has 7 nitrogen and oxygen atoms in total. The molecular weight excluding hydrogens is 338 g/mol. The quantitative estimate of drug-likeness (QED) is 0.693. The van der Waals surface area contributed by atoms with Crippen LogP contribution in [0.1, 0.15) is 6.92 Å². The second-order valence-corrected chi connectivity index (χ2v) is 5.41. The van der Waals surface area contributed by atoms with Gasteiger partial charge in [-0.05, 0) is 43.3 Å². The van der Waals surface area contributed by atoms with Crippen LogP contribution < -0.4 is 29.0 Å². The number of hydrogen-bond donors (Lipinski definition) is 1. The van der Waals surface area contributed by atoms with Gasteiger partial charge in [0, 0.05) is 6.07 Å². The van der Waals surface area contributed by atoms with Crippen LogP contribution in [-0.4, -0.2) is 39.1 Å². The van der Waals surface area contributed by atoms with Crippen LogP contribution in [0.4, 0.5) is 0 Å². The first kappa shape index (κ1) is 17.7. The summed E-state index contributed by atoms with van der Waals surface area (Å²) in [5, 5.41) is 2.74. The lowest BCUT2D eigenvalue weighted by Crippen LogP contribution is -2.32. The molecule has 1 aliphatic rings. The molecule has 0 unspecified atom stereocenters. The second-order valence-electron chi connectivity index (χ2n) is 5.41. The van der Waals surface area contributed by atoms with Gasteiger partial charge in [-0.1, -0.05) is 0 Å². The van der Waals surface area contributed by atoms with E-state index in [0.29, 0.717) is 37.0 Å².